The van der Waals surface area contributed by atoms with Gasteiger partial charge < -0.3 is 24.4 Å². The summed E-state index contributed by atoms with van der Waals surface area (Å²) < 4.78 is 10.7. The van der Waals surface area contributed by atoms with Gasteiger partial charge in [0.25, 0.3) is 5.91 Å². The van der Waals surface area contributed by atoms with E-state index in [9.17, 15) is 14.7 Å². The summed E-state index contributed by atoms with van der Waals surface area (Å²) in [7, 11) is 1.56. The average Bonchev–Trinajstić information content (AvgIpc) is 3.08. The minimum atomic E-state index is -0.752. The average molecular weight is 471 g/mol. The Balaban J connectivity index is 1.74. The number of nitrogens with zero attached hydrogens (tertiary/aromatic N) is 1. The van der Waals surface area contributed by atoms with E-state index in [0.29, 0.717) is 48.2 Å². The molecule has 0 saturated carbocycles. The van der Waals surface area contributed by atoms with Crippen LogP contribution in [0, 0.1) is 6.92 Å². The largest absolute Gasteiger partial charge is 0.872 e. The van der Waals surface area contributed by atoms with Crippen molar-refractivity contribution in [1.29, 1.82) is 0 Å². The van der Waals surface area contributed by atoms with Gasteiger partial charge in [-0.3, -0.25) is 9.59 Å². The second-order valence-electron chi connectivity index (χ2n) is 8.32. The van der Waals surface area contributed by atoms with Crippen LogP contribution in [0.3, 0.4) is 0 Å². The number of rotatable bonds is 6. The molecule has 7 nitrogen and oxygen atoms in total. The van der Waals surface area contributed by atoms with Crippen molar-refractivity contribution >= 4 is 29.1 Å². The summed E-state index contributed by atoms with van der Waals surface area (Å²) in [6.45, 7) is 5.92. The van der Waals surface area contributed by atoms with E-state index in [1.54, 1.807) is 49.6 Å². The third-order valence-corrected chi connectivity index (χ3v) is 6.53. The van der Waals surface area contributed by atoms with E-state index < -0.39 is 23.5 Å². The highest BCUT2D eigenvalue weighted by atomic mass is 35.5. The molecule has 33 heavy (non-hydrogen) atoms. The van der Waals surface area contributed by atoms with Crippen LogP contribution in [0.1, 0.15) is 22.7 Å². The summed E-state index contributed by atoms with van der Waals surface area (Å²) in [5.74, 6) is -1.18. The van der Waals surface area contributed by atoms with Gasteiger partial charge in [0.1, 0.15) is 18.8 Å². The number of Topliss-reactive ketones (excluding diaryl/α,β-unsaturated/α-hetero) is 1. The zero-order chi connectivity index (χ0) is 23.5. The minimum absolute atomic E-state index is 0.0242. The molecule has 2 aromatic carbocycles. The Labute approximate surface area is 198 Å². The van der Waals surface area contributed by atoms with Crippen molar-refractivity contribution < 1.29 is 29.1 Å². The molecule has 1 N–H and O–H groups in total. The van der Waals surface area contributed by atoms with Gasteiger partial charge in [0.2, 0.25) is 5.78 Å². The number of amides is 1. The highest BCUT2D eigenvalue weighted by Gasteiger charge is 2.44. The number of carbonyl (C=O) groups is 2. The van der Waals surface area contributed by atoms with E-state index in [4.69, 9.17) is 21.1 Å². The van der Waals surface area contributed by atoms with Crippen molar-refractivity contribution in [3.05, 3.63) is 69.8 Å². The van der Waals surface area contributed by atoms with E-state index in [1.807, 2.05) is 6.92 Å². The first-order valence-corrected chi connectivity index (χ1v) is 11.4. The van der Waals surface area contributed by atoms with Crippen molar-refractivity contribution in [2.45, 2.75) is 13.0 Å². The van der Waals surface area contributed by atoms with Crippen LogP contribution < -0.4 is 14.7 Å². The molecule has 2 aliphatic heterocycles. The molecule has 1 amide bonds. The van der Waals surface area contributed by atoms with Crippen LogP contribution in [-0.2, 0) is 14.3 Å². The predicted octanol–water partition coefficient (Wildman–Crippen LogP) is 0.796. The van der Waals surface area contributed by atoms with Crippen LogP contribution in [-0.4, -0.2) is 63.1 Å². The highest BCUT2D eigenvalue weighted by Crippen LogP contribution is 2.39. The Bertz CT molecular complexity index is 1080. The minimum Gasteiger partial charge on any atom is -0.872 e. The van der Waals surface area contributed by atoms with E-state index in [1.165, 1.54) is 9.80 Å². The third-order valence-electron chi connectivity index (χ3n) is 6.28. The number of morpholine rings is 1. The topological polar surface area (TPSA) is 83.3 Å². The van der Waals surface area contributed by atoms with Gasteiger partial charge in [-0.2, -0.15) is 0 Å². The van der Waals surface area contributed by atoms with Crippen LogP contribution >= 0.6 is 11.6 Å². The van der Waals surface area contributed by atoms with Crippen LogP contribution in [0.15, 0.2) is 48.0 Å². The fourth-order valence-electron chi connectivity index (χ4n) is 4.46. The molecule has 1 atom stereocenters. The lowest BCUT2D eigenvalue weighted by molar-refractivity contribution is -0.907. The zero-order valence-electron chi connectivity index (χ0n) is 18.7. The Morgan fingerprint density at radius 3 is 2.52 bits per heavy atom. The van der Waals surface area contributed by atoms with Gasteiger partial charge in [0, 0.05) is 10.6 Å². The number of methoxy groups -OCH3 is 1. The summed E-state index contributed by atoms with van der Waals surface area (Å²) in [6.07, 6.45) is 0. The fourth-order valence-corrected chi connectivity index (χ4v) is 4.58. The van der Waals surface area contributed by atoms with E-state index in [0.717, 1.165) is 18.7 Å². The first-order valence-electron chi connectivity index (χ1n) is 11.0. The van der Waals surface area contributed by atoms with Gasteiger partial charge in [-0.25, -0.2) is 0 Å². The number of aryl methyl sites for hydroxylation is 1. The lowest BCUT2D eigenvalue weighted by Crippen LogP contribution is -3.14. The Hall–Kier alpha value is -2.87. The molecule has 0 bridgehead atoms. The number of ether oxygens (including phenoxy) is 2. The molecule has 2 aromatic rings. The molecule has 2 aliphatic rings. The quantitative estimate of drug-likeness (QED) is 0.383. The van der Waals surface area contributed by atoms with Crippen LogP contribution in [0.5, 0.6) is 5.75 Å². The highest BCUT2D eigenvalue weighted by molar-refractivity contribution is 6.46. The second kappa shape index (κ2) is 9.95. The Kier molecular flexibility index (Phi) is 7.02. The van der Waals surface area contributed by atoms with Gasteiger partial charge in [0.05, 0.1) is 39.5 Å². The molecule has 0 aromatic heterocycles. The molecular formula is C25H27ClN2O5. The van der Waals surface area contributed by atoms with Crippen LogP contribution in [0.25, 0.3) is 5.76 Å². The predicted molar refractivity (Wildman–Crippen MR) is 122 cm³/mol. The summed E-state index contributed by atoms with van der Waals surface area (Å²) in [4.78, 5) is 29.0. The van der Waals surface area contributed by atoms with Crippen molar-refractivity contribution in [2.75, 3.05) is 46.5 Å². The smallest absolute Gasteiger partial charge is 0.295 e. The molecule has 4 rings (SSSR count). The first kappa shape index (κ1) is 23.3. The molecular weight excluding hydrogens is 444 g/mol. The maximum Gasteiger partial charge on any atom is 0.295 e. The third kappa shape index (κ3) is 4.76. The summed E-state index contributed by atoms with van der Waals surface area (Å²) in [5, 5.41) is 14.1. The fraction of sp³-hybridized carbons (Fsp3) is 0.360. The van der Waals surface area contributed by atoms with E-state index >= 15 is 0 Å². The molecule has 2 fully saturated rings. The maximum atomic E-state index is 13.5. The van der Waals surface area contributed by atoms with Gasteiger partial charge in [-0.1, -0.05) is 35.6 Å². The molecule has 0 aliphatic carbocycles. The lowest BCUT2D eigenvalue weighted by Gasteiger charge is -2.30. The van der Waals surface area contributed by atoms with Gasteiger partial charge in [-0.05, 0) is 47.9 Å². The normalized spacial score (nSPS) is 20.9. The summed E-state index contributed by atoms with van der Waals surface area (Å²) in [5.41, 5.74) is 1.79. The summed E-state index contributed by atoms with van der Waals surface area (Å²) in [6, 6.07) is 11.2. The molecule has 8 heteroatoms. The Morgan fingerprint density at radius 1 is 1.18 bits per heavy atom. The second-order valence-corrected chi connectivity index (χ2v) is 8.76. The first-order chi connectivity index (χ1) is 15.9. The van der Waals surface area contributed by atoms with Gasteiger partial charge in [0.15, 0.2) is 0 Å². The van der Waals surface area contributed by atoms with Gasteiger partial charge >= 0.3 is 0 Å². The van der Waals surface area contributed by atoms with Crippen LogP contribution in [0.4, 0.5) is 0 Å². The van der Waals surface area contributed by atoms with E-state index in [-0.39, 0.29) is 5.57 Å². The van der Waals surface area contributed by atoms with Crippen molar-refractivity contribution in [1.82, 2.24) is 4.90 Å². The lowest BCUT2D eigenvalue weighted by atomic mass is 9.95. The standard InChI is InChI=1S/C25H27ClN2O5/c1-16-15-18(5-8-20(16)32-2)23(29)21-22(17-3-6-19(26)7-4-17)28(25(31)24(21)30)10-9-27-11-13-33-14-12-27/h3-8,15,22,29H,9-14H2,1-2H3/b23-21+. The number of halogens is 1. The number of ketones is 1. The zero-order valence-corrected chi connectivity index (χ0v) is 19.5. The maximum absolute atomic E-state index is 13.5. The number of carbonyl (C=O) groups excluding carboxylic acids is 2. The monoisotopic (exact) mass is 470 g/mol. The SMILES string of the molecule is COc1ccc(/C([O-])=C2\C(=O)C(=O)N(CC[NH+]3CCOCC3)C2c2ccc(Cl)cc2)cc1C. The summed E-state index contributed by atoms with van der Waals surface area (Å²) >= 11 is 6.07. The number of nitrogens with one attached hydrogen (secondary N) is 1. The molecule has 1 unspecified atom stereocenters. The van der Waals surface area contributed by atoms with Crippen molar-refractivity contribution in [3.63, 3.8) is 0 Å². The number of benzene rings is 2. The number of hydrogen-bond donors (Lipinski definition) is 1. The van der Waals surface area contributed by atoms with Gasteiger partial charge in [-0.15, -0.1) is 0 Å². The van der Waals surface area contributed by atoms with Crippen molar-refractivity contribution in [2.24, 2.45) is 0 Å². The molecule has 0 spiro atoms. The number of quaternary nitrogens is 1. The van der Waals surface area contributed by atoms with Crippen molar-refractivity contribution in [3.8, 4) is 5.75 Å². The Morgan fingerprint density at radius 2 is 1.88 bits per heavy atom. The van der Waals surface area contributed by atoms with E-state index in [2.05, 4.69) is 0 Å². The number of hydrogen-bond acceptors (Lipinski definition) is 5. The van der Waals surface area contributed by atoms with Crippen LogP contribution in [0.2, 0.25) is 5.02 Å². The molecule has 2 saturated heterocycles. The molecule has 174 valence electrons. The molecule has 2 heterocycles. The molecule has 0 radical (unpaired) electrons. The number of likely N-dealkylation sites (tertiary alicyclic amines) is 1.